The predicted molar refractivity (Wildman–Crippen MR) is 66.3 cm³/mol. The van der Waals surface area contributed by atoms with E-state index in [-0.39, 0.29) is 4.75 Å². The van der Waals surface area contributed by atoms with Gasteiger partial charge in [-0.3, -0.25) is 4.79 Å². The fraction of sp³-hybridized carbons (Fsp3) is 0.909. The molecule has 0 aromatic rings. The highest BCUT2D eigenvalue weighted by atomic mass is 32.2. The van der Waals surface area contributed by atoms with E-state index in [1.54, 1.807) is 0 Å². The van der Waals surface area contributed by atoms with Gasteiger partial charge < -0.3 is 10.8 Å². The molecular formula is C11H23NO2S. The summed E-state index contributed by atoms with van der Waals surface area (Å²) >= 11 is 1.85. The normalized spacial score (nSPS) is 16.1. The molecule has 0 radical (unpaired) electrons. The van der Waals surface area contributed by atoms with Crippen LogP contribution in [0.4, 0.5) is 0 Å². The van der Waals surface area contributed by atoms with Crippen molar-refractivity contribution in [2.75, 3.05) is 5.75 Å². The summed E-state index contributed by atoms with van der Waals surface area (Å²) in [7, 11) is 0. The Kier molecular flexibility index (Phi) is 5.67. The molecule has 0 fully saturated rings. The van der Waals surface area contributed by atoms with Crippen LogP contribution in [-0.4, -0.2) is 27.1 Å². The molecule has 3 N–H and O–H groups in total. The van der Waals surface area contributed by atoms with Crippen LogP contribution in [0.1, 0.15) is 47.0 Å². The fourth-order valence-electron chi connectivity index (χ4n) is 1.20. The van der Waals surface area contributed by atoms with E-state index in [9.17, 15) is 4.79 Å². The minimum absolute atomic E-state index is 0.243. The first-order valence-corrected chi connectivity index (χ1v) is 6.36. The van der Waals surface area contributed by atoms with Gasteiger partial charge in [0, 0.05) is 4.75 Å². The van der Waals surface area contributed by atoms with Crippen LogP contribution in [0.3, 0.4) is 0 Å². The summed E-state index contributed by atoms with van der Waals surface area (Å²) in [5.74, 6) is 0.0844. The van der Waals surface area contributed by atoms with Crippen molar-refractivity contribution in [3.05, 3.63) is 0 Å². The van der Waals surface area contributed by atoms with Gasteiger partial charge in [-0.15, -0.1) is 0 Å². The summed E-state index contributed by atoms with van der Waals surface area (Å²) in [4.78, 5) is 10.9. The second kappa shape index (κ2) is 5.75. The van der Waals surface area contributed by atoms with E-state index in [4.69, 9.17) is 10.8 Å². The predicted octanol–water partition coefficient (Wildman–Crippen LogP) is 2.49. The van der Waals surface area contributed by atoms with E-state index < -0.39 is 11.5 Å². The van der Waals surface area contributed by atoms with E-state index in [1.807, 2.05) is 18.7 Å². The number of carboxylic acids is 1. The summed E-state index contributed by atoms with van der Waals surface area (Å²) < 4.78 is 0.243. The second-order valence-electron chi connectivity index (χ2n) is 4.88. The second-order valence-corrected chi connectivity index (χ2v) is 6.80. The minimum Gasteiger partial charge on any atom is -0.480 e. The van der Waals surface area contributed by atoms with Gasteiger partial charge in [0.15, 0.2) is 0 Å². The van der Waals surface area contributed by atoms with Crippen molar-refractivity contribution >= 4 is 17.7 Å². The molecule has 0 aliphatic heterocycles. The SMILES string of the molecule is CCC(N)(CCCSC(C)(C)C)C(=O)O. The summed E-state index contributed by atoms with van der Waals surface area (Å²) in [5, 5.41) is 8.96. The van der Waals surface area contributed by atoms with Crippen LogP contribution in [-0.2, 0) is 4.79 Å². The molecule has 0 rings (SSSR count). The zero-order chi connectivity index (χ0) is 12.1. The highest BCUT2D eigenvalue weighted by molar-refractivity contribution is 8.00. The van der Waals surface area contributed by atoms with E-state index in [2.05, 4.69) is 20.8 Å². The van der Waals surface area contributed by atoms with Crippen LogP contribution >= 0.6 is 11.8 Å². The molecule has 0 aliphatic rings. The van der Waals surface area contributed by atoms with Crippen LogP contribution in [0, 0.1) is 0 Å². The Labute approximate surface area is 96.8 Å². The maximum Gasteiger partial charge on any atom is 0.323 e. The number of hydrogen-bond acceptors (Lipinski definition) is 3. The topological polar surface area (TPSA) is 63.3 Å². The number of rotatable bonds is 6. The maximum atomic E-state index is 10.9. The molecule has 0 amide bonds. The van der Waals surface area contributed by atoms with Gasteiger partial charge in [-0.05, 0) is 25.0 Å². The van der Waals surface area contributed by atoms with Crippen LogP contribution in [0.25, 0.3) is 0 Å². The van der Waals surface area contributed by atoms with Crippen LogP contribution < -0.4 is 5.73 Å². The Balaban J connectivity index is 3.89. The Hall–Kier alpha value is -0.220. The molecule has 4 heteroatoms. The van der Waals surface area contributed by atoms with Gasteiger partial charge >= 0.3 is 5.97 Å². The van der Waals surface area contributed by atoms with E-state index in [0.717, 1.165) is 12.2 Å². The van der Waals surface area contributed by atoms with Crippen LogP contribution in [0.5, 0.6) is 0 Å². The summed E-state index contributed by atoms with van der Waals surface area (Å²) in [5.41, 5.74) is 4.75. The first-order chi connectivity index (χ1) is 6.71. The molecule has 0 saturated carbocycles. The lowest BCUT2D eigenvalue weighted by molar-refractivity contribution is -0.143. The summed E-state index contributed by atoms with van der Waals surface area (Å²) in [6.07, 6.45) is 1.91. The lowest BCUT2D eigenvalue weighted by Gasteiger charge is -2.24. The lowest BCUT2D eigenvalue weighted by atomic mass is 9.92. The Bertz CT molecular complexity index is 213. The van der Waals surface area contributed by atoms with Gasteiger partial charge in [0.05, 0.1) is 0 Å². The fourth-order valence-corrected chi connectivity index (χ4v) is 2.10. The lowest BCUT2D eigenvalue weighted by Crippen LogP contribution is -2.47. The van der Waals surface area contributed by atoms with Gasteiger partial charge in [0.1, 0.15) is 5.54 Å². The Morgan fingerprint density at radius 1 is 1.40 bits per heavy atom. The molecule has 0 bridgehead atoms. The molecule has 0 aromatic heterocycles. The van der Waals surface area contributed by atoms with E-state index in [0.29, 0.717) is 12.8 Å². The maximum absolute atomic E-state index is 10.9. The van der Waals surface area contributed by atoms with Gasteiger partial charge in [-0.1, -0.05) is 27.7 Å². The average Bonchev–Trinajstić information content (AvgIpc) is 2.10. The van der Waals surface area contributed by atoms with Crippen molar-refractivity contribution in [3.63, 3.8) is 0 Å². The Morgan fingerprint density at radius 3 is 2.27 bits per heavy atom. The van der Waals surface area contributed by atoms with Gasteiger partial charge in [-0.25, -0.2) is 0 Å². The zero-order valence-electron chi connectivity index (χ0n) is 10.2. The molecule has 0 spiro atoms. The van der Waals surface area contributed by atoms with Gasteiger partial charge in [0.25, 0.3) is 0 Å². The van der Waals surface area contributed by atoms with Crippen molar-refractivity contribution in [2.24, 2.45) is 5.73 Å². The van der Waals surface area contributed by atoms with E-state index in [1.165, 1.54) is 0 Å². The average molecular weight is 233 g/mol. The van der Waals surface area contributed by atoms with Gasteiger partial charge in [0.2, 0.25) is 0 Å². The van der Waals surface area contributed by atoms with Crippen molar-refractivity contribution in [3.8, 4) is 0 Å². The van der Waals surface area contributed by atoms with Crippen molar-refractivity contribution in [2.45, 2.75) is 57.2 Å². The quantitative estimate of drug-likeness (QED) is 0.692. The number of hydrogen-bond donors (Lipinski definition) is 2. The van der Waals surface area contributed by atoms with Crippen molar-refractivity contribution in [1.82, 2.24) is 0 Å². The molecule has 0 heterocycles. The minimum atomic E-state index is -1.03. The molecule has 90 valence electrons. The molecule has 1 atom stereocenters. The molecule has 1 unspecified atom stereocenters. The zero-order valence-corrected chi connectivity index (χ0v) is 11.0. The highest BCUT2D eigenvalue weighted by Crippen LogP contribution is 2.25. The van der Waals surface area contributed by atoms with Gasteiger partial charge in [-0.2, -0.15) is 11.8 Å². The molecular weight excluding hydrogens is 210 g/mol. The molecule has 0 aromatic carbocycles. The summed E-state index contributed by atoms with van der Waals surface area (Å²) in [6.45, 7) is 8.30. The number of carboxylic acid groups (broad SMARTS) is 1. The van der Waals surface area contributed by atoms with Crippen molar-refractivity contribution in [1.29, 1.82) is 0 Å². The number of carbonyl (C=O) groups is 1. The smallest absolute Gasteiger partial charge is 0.323 e. The number of aliphatic carboxylic acids is 1. The molecule has 0 aliphatic carbocycles. The number of thioether (sulfide) groups is 1. The molecule has 0 saturated heterocycles. The summed E-state index contributed by atoms with van der Waals surface area (Å²) in [6, 6.07) is 0. The van der Waals surface area contributed by atoms with Crippen LogP contribution in [0.2, 0.25) is 0 Å². The van der Waals surface area contributed by atoms with E-state index >= 15 is 0 Å². The largest absolute Gasteiger partial charge is 0.480 e. The third-order valence-corrected chi connectivity index (χ3v) is 3.72. The Morgan fingerprint density at radius 2 is 1.93 bits per heavy atom. The third kappa shape index (κ3) is 6.05. The first kappa shape index (κ1) is 14.8. The third-order valence-electron chi connectivity index (χ3n) is 2.36. The highest BCUT2D eigenvalue weighted by Gasteiger charge is 2.31. The molecule has 3 nitrogen and oxygen atoms in total. The first-order valence-electron chi connectivity index (χ1n) is 5.37. The monoisotopic (exact) mass is 233 g/mol. The standard InChI is InChI=1S/C11H23NO2S/c1-5-11(12,9(13)14)7-6-8-15-10(2,3)4/h5-8,12H2,1-4H3,(H,13,14). The van der Waals surface area contributed by atoms with Crippen molar-refractivity contribution < 1.29 is 9.90 Å². The number of nitrogens with two attached hydrogens (primary N) is 1. The van der Waals surface area contributed by atoms with Crippen LogP contribution in [0.15, 0.2) is 0 Å². The molecule has 15 heavy (non-hydrogen) atoms.